The van der Waals surface area contributed by atoms with Gasteiger partial charge in [-0.1, -0.05) is 20.8 Å². The summed E-state index contributed by atoms with van der Waals surface area (Å²) in [6.07, 6.45) is 2.79. The summed E-state index contributed by atoms with van der Waals surface area (Å²) < 4.78 is 11.5. The van der Waals surface area contributed by atoms with Crippen LogP contribution >= 0.6 is 0 Å². The first kappa shape index (κ1) is 19.5. The number of fused-ring (bicyclic) bond motifs is 3. The first-order chi connectivity index (χ1) is 12.2. The van der Waals surface area contributed by atoms with Gasteiger partial charge in [0.15, 0.2) is 11.5 Å². The molecule has 1 N–H and O–H groups in total. The van der Waals surface area contributed by atoms with Crippen LogP contribution in [0.25, 0.3) is 0 Å². The Morgan fingerprint density at radius 1 is 1.23 bits per heavy atom. The smallest absolute Gasteiger partial charge is 0.161 e. The van der Waals surface area contributed by atoms with Crippen molar-refractivity contribution in [1.82, 2.24) is 4.90 Å². The maximum absolute atomic E-state index is 10.8. The second-order valence-electron chi connectivity index (χ2n) is 9.46. The quantitative estimate of drug-likeness (QED) is 0.873. The van der Waals surface area contributed by atoms with Gasteiger partial charge in [0, 0.05) is 19.1 Å². The van der Waals surface area contributed by atoms with Crippen LogP contribution in [0.2, 0.25) is 0 Å². The molecule has 4 nitrogen and oxygen atoms in total. The van der Waals surface area contributed by atoms with Crippen LogP contribution in [0.15, 0.2) is 12.1 Å². The zero-order chi connectivity index (χ0) is 19.1. The summed E-state index contributed by atoms with van der Waals surface area (Å²) in [5.74, 6) is 1.99. The molecule has 2 heterocycles. The van der Waals surface area contributed by atoms with E-state index >= 15 is 0 Å². The Hall–Kier alpha value is -1.26. The summed E-state index contributed by atoms with van der Waals surface area (Å²) in [7, 11) is 1.70. The van der Waals surface area contributed by atoms with Crippen LogP contribution in [0.4, 0.5) is 0 Å². The molecule has 0 unspecified atom stereocenters. The molecule has 146 valence electrons. The Morgan fingerprint density at radius 2 is 1.96 bits per heavy atom. The molecule has 4 heteroatoms. The highest BCUT2D eigenvalue weighted by molar-refractivity contribution is 5.49. The minimum Gasteiger partial charge on any atom is -0.493 e. The average Bonchev–Trinajstić information content (AvgIpc) is 2.53. The highest BCUT2D eigenvalue weighted by Gasteiger charge is 2.39. The van der Waals surface area contributed by atoms with Gasteiger partial charge < -0.3 is 14.6 Å². The standard InChI is InChI=1S/C22H35NO3/c1-14(2)26-21-9-15-7-8-23-13-16(12-22(3,4)5)19(24)11-18(23)17(15)10-20(21)25-6/h9-10,14,16,18-19,24H,7-8,11-13H2,1-6H3/t16-,18-,19-/m1/s1. The van der Waals surface area contributed by atoms with E-state index in [-0.39, 0.29) is 23.7 Å². The minimum atomic E-state index is -0.237. The summed E-state index contributed by atoms with van der Waals surface area (Å²) in [4.78, 5) is 2.56. The van der Waals surface area contributed by atoms with Crippen LogP contribution in [-0.4, -0.2) is 42.4 Å². The molecule has 0 amide bonds. The summed E-state index contributed by atoms with van der Waals surface area (Å²) in [5.41, 5.74) is 2.89. The van der Waals surface area contributed by atoms with Gasteiger partial charge in [-0.3, -0.25) is 4.90 Å². The van der Waals surface area contributed by atoms with Crippen LogP contribution in [0, 0.1) is 11.3 Å². The number of nitrogens with zero attached hydrogens (tertiary/aromatic N) is 1. The van der Waals surface area contributed by atoms with Gasteiger partial charge in [0.05, 0.1) is 19.3 Å². The fourth-order valence-electron chi connectivity index (χ4n) is 4.59. The van der Waals surface area contributed by atoms with Gasteiger partial charge in [0.25, 0.3) is 0 Å². The number of rotatable bonds is 4. The molecule has 3 rings (SSSR count). The second kappa shape index (κ2) is 7.40. The average molecular weight is 362 g/mol. The first-order valence-electron chi connectivity index (χ1n) is 9.97. The van der Waals surface area contributed by atoms with Crippen molar-refractivity contribution >= 4 is 0 Å². The lowest BCUT2D eigenvalue weighted by molar-refractivity contribution is -0.0259. The van der Waals surface area contributed by atoms with Crippen molar-refractivity contribution in [3.05, 3.63) is 23.3 Å². The monoisotopic (exact) mass is 361 g/mol. The van der Waals surface area contributed by atoms with Gasteiger partial charge >= 0.3 is 0 Å². The number of benzene rings is 1. The molecule has 3 atom stereocenters. The summed E-state index contributed by atoms with van der Waals surface area (Å²) in [6, 6.07) is 4.58. The van der Waals surface area contributed by atoms with Crippen LogP contribution in [0.1, 0.15) is 64.6 Å². The fourth-order valence-corrected chi connectivity index (χ4v) is 4.59. The zero-order valence-corrected chi connectivity index (χ0v) is 17.2. The van der Waals surface area contributed by atoms with Gasteiger partial charge in [0.2, 0.25) is 0 Å². The Kier molecular flexibility index (Phi) is 5.55. The van der Waals surface area contributed by atoms with Crippen molar-refractivity contribution in [2.75, 3.05) is 20.2 Å². The van der Waals surface area contributed by atoms with Crippen molar-refractivity contribution in [3.8, 4) is 11.5 Å². The molecular formula is C22H35NO3. The number of hydrogen-bond acceptors (Lipinski definition) is 4. The van der Waals surface area contributed by atoms with Crippen molar-refractivity contribution in [2.24, 2.45) is 11.3 Å². The molecule has 26 heavy (non-hydrogen) atoms. The van der Waals surface area contributed by atoms with E-state index in [0.717, 1.165) is 43.9 Å². The lowest BCUT2D eigenvalue weighted by Gasteiger charge is -2.47. The maximum Gasteiger partial charge on any atom is 0.161 e. The van der Waals surface area contributed by atoms with Gasteiger partial charge in [0.1, 0.15) is 0 Å². The maximum atomic E-state index is 10.8. The number of ether oxygens (including phenoxy) is 2. The van der Waals surface area contributed by atoms with Crippen molar-refractivity contribution in [1.29, 1.82) is 0 Å². The second-order valence-corrected chi connectivity index (χ2v) is 9.46. The Morgan fingerprint density at radius 3 is 2.58 bits per heavy atom. The van der Waals surface area contributed by atoms with E-state index < -0.39 is 0 Å². The molecule has 1 aromatic rings. The van der Waals surface area contributed by atoms with Gasteiger partial charge in [-0.15, -0.1) is 0 Å². The topological polar surface area (TPSA) is 41.9 Å². The summed E-state index contributed by atoms with van der Waals surface area (Å²) in [5, 5.41) is 10.8. The van der Waals surface area contributed by atoms with Gasteiger partial charge in [-0.25, -0.2) is 0 Å². The lowest BCUT2D eigenvalue weighted by Crippen LogP contribution is -2.48. The molecule has 0 aromatic heterocycles. The number of hydrogen-bond donors (Lipinski definition) is 1. The van der Waals surface area contributed by atoms with E-state index in [2.05, 4.69) is 37.8 Å². The SMILES string of the molecule is COc1cc2c(cc1OC(C)C)CCN1C[C@@H](CC(C)(C)C)[C@H](O)C[C@H]21. The summed E-state index contributed by atoms with van der Waals surface area (Å²) >= 11 is 0. The molecule has 1 fully saturated rings. The fraction of sp³-hybridized carbons (Fsp3) is 0.727. The highest BCUT2D eigenvalue weighted by Crippen LogP contribution is 2.44. The normalized spacial score (nSPS) is 26.4. The third kappa shape index (κ3) is 4.17. The van der Waals surface area contributed by atoms with E-state index in [1.165, 1.54) is 11.1 Å². The molecule has 0 spiro atoms. The number of aliphatic hydroxyl groups excluding tert-OH is 1. The summed E-state index contributed by atoms with van der Waals surface area (Å²) in [6.45, 7) is 12.9. The van der Waals surface area contributed by atoms with Crippen molar-refractivity contribution < 1.29 is 14.6 Å². The van der Waals surface area contributed by atoms with Crippen molar-refractivity contribution in [3.63, 3.8) is 0 Å². The molecule has 0 saturated carbocycles. The number of piperidine rings is 1. The Labute approximate surface area is 158 Å². The van der Waals surface area contributed by atoms with E-state index in [4.69, 9.17) is 9.47 Å². The molecule has 1 saturated heterocycles. The number of aliphatic hydroxyl groups is 1. The predicted molar refractivity (Wildman–Crippen MR) is 105 cm³/mol. The predicted octanol–water partition coefficient (Wildman–Crippen LogP) is 4.20. The Balaban J connectivity index is 1.85. The van der Waals surface area contributed by atoms with Crippen LogP contribution in [-0.2, 0) is 6.42 Å². The van der Waals surface area contributed by atoms with Crippen molar-refractivity contribution in [2.45, 2.75) is 72.1 Å². The molecular weight excluding hydrogens is 326 g/mol. The molecule has 1 aromatic carbocycles. The van der Waals surface area contributed by atoms with Gasteiger partial charge in [-0.2, -0.15) is 0 Å². The Bertz CT molecular complexity index is 635. The first-order valence-corrected chi connectivity index (χ1v) is 9.97. The van der Waals surface area contributed by atoms with E-state index in [0.29, 0.717) is 5.92 Å². The highest BCUT2D eigenvalue weighted by atomic mass is 16.5. The molecule has 0 bridgehead atoms. The molecule has 2 aliphatic rings. The third-order valence-electron chi connectivity index (χ3n) is 5.61. The molecule has 0 radical (unpaired) electrons. The van der Waals surface area contributed by atoms with Gasteiger partial charge in [-0.05, 0) is 67.7 Å². The zero-order valence-electron chi connectivity index (χ0n) is 17.2. The van der Waals surface area contributed by atoms with Crippen LogP contribution in [0.3, 0.4) is 0 Å². The minimum absolute atomic E-state index is 0.122. The van der Waals surface area contributed by atoms with E-state index in [1.807, 2.05) is 13.8 Å². The molecule has 0 aliphatic carbocycles. The van der Waals surface area contributed by atoms with Crippen LogP contribution < -0.4 is 9.47 Å². The largest absolute Gasteiger partial charge is 0.493 e. The lowest BCUT2D eigenvalue weighted by atomic mass is 9.75. The van der Waals surface area contributed by atoms with Crippen LogP contribution in [0.5, 0.6) is 11.5 Å². The van der Waals surface area contributed by atoms with E-state index in [9.17, 15) is 5.11 Å². The van der Waals surface area contributed by atoms with E-state index in [1.54, 1.807) is 7.11 Å². The number of methoxy groups -OCH3 is 1. The molecule has 2 aliphatic heterocycles. The third-order valence-corrected chi connectivity index (χ3v) is 5.61.